The second-order valence-corrected chi connectivity index (χ2v) is 16.4. The monoisotopic (exact) mass is 870 g/mol. The highest BCUT2D eigenvalue weighted by Crippen LogP contribution is 2.33. The Kier molecular flexibility index (Phi) is 18.5. The Bertz CT molecular complexity index is 1250. The summed E-state index contributed by atoms with van der Waals surface area (Å²) in [5.41, 5.74) is -0.448. The molecule has 59 heavy (non-hydrogen) atoms. The number of aliphatic hydroxyl groups is 17. The van der Waals surface area contributed by atoms with Gasteiger partial charge in [-0.3, -0.25) is 0 Å². The van der Waals surface area contributed by atoms with Crippen LogP contribution in [0, 0.1) is 5.41 Å². The molecule has 4 heterocycles. The van der Waals surface area contributed by atoms with Crippen molar-refractivity contribution in [2.45, 2.75) is 174 Å². The number of ether oxygens (including phenoxy) is 8. The lowest BCUT2D eigenvalue weighted by atomic mass is 9.86. The summed E-state index contributed by atoms with van der Waals surface area (Å²) >= 11 is 0. The van der Waals surface area contributed by atoms with Crippen LogP contribution in [-0.4, -0.2) is 267 Å². The van der Waals surface area contributed by atoms with Gasteiger partial charge >= 0.3 is 0 Å². The normalized spacial score (nSPS) is 45.8. The minimum atomic E-state index is -2.07. The second-order valence-electron chi connectivity index (χ2n) is 16.4. The van der Waals surface area contributed by atoms with Crippen molar-refractivity contribution >= 4 is 0 Å². The van der Waals surface area contributed by atoms with Crippen molar-refractivity contribution in [3.63, 3.8) is 0 Å². The molecule has 4 aliphatic heterocycles. The van der Waals surface area contributed by atoms with Crippen LogP contribution in [0.4, 0.5) is 0 Å². The minimum absolute atomic E-state index is 0.0563. The molecule has 17 N–H and O–H groups in total. The van der Waals surface area contributed by atoms with E-state index < -0.39 is 186 Å². The van der Waals surface area contributed by atoms with E-state index in [2.05, 4.69) is 0 Å². The quantitative estimate of drug-likeness (QED) is 0.0645. The van der Waals surface area contributed by atoms with Crippen LogP contribution in [0.5, 0.6) is 0 Å². The van der Waals surface area contributed by atoms with Gasteiger partial charge in [0, 0.05) is 0 Å². The van der Waals surface area contributed by atoms with Gasteiger partial charge in [0.25, 0.3) is 0 Å². The fraction of sp³-hybridized carbons (Fsp3) is 1.00. The maximum Gasteiger partial charge on any atom is 0.187 e. The summed E-state index contributed by atoms with van der Waals surface area (Å²) in [6.45, 7) is 1.09. The van der Waals surface area contributed by atoms with Crippen molar-refractivity contribution in [3.8, 4) is 0 Å². The second kappa shape index (κ2) is 21.6. The lowest BCUT2D eigenvalue weighted by Gasteiger charge is -2.47. The van der Waals surface area contributed by atoms with Gasteiger partial charge in [0.15, 0.2) is 25.2 Å². The molecule has 0 bridgehead atoms. The van der Waals surface area contributed by atoms with Gasteiger partial charge < -0.3 is 125 Å². The van der Waals surface area contributed by atoms with Gasteiger partial charge in [-0.25, -0.2) is 0 Å². The fourth-order valence-electron chi connectivity index (χ4n) is 7.04. The molecule has 348 valence electrons. The molecule has 0 unspecified atom stereocenters. The molecule has 25 heteroatoms. The number of rotatable bonds is 17. The first-order valence-corrected chi connectivity index (χ1v) is 19.1. The fourth-order valence-corrected chi connectivity index (χ4v) is 7.04. The standard InChI is InChI=1S/C34H62O25/c1-34(2,3)4-10(38)16(40)17(41)11(39)8-52-30-26(50)28(20(44)13(6-36)54-30)59-33-25(49)23(47)19(43)15(57-33)9-53-31-27(51)29(21(45)14(7-37)55-31)58-32-24(48)22(46)18(42)12(5-35)56-32/h10-33,35-51H,4-9H2,1-3H3/t10-,11-,12-,13-,14-,15-,16-,17-,18-,19-,20-,21-,22+,23+,24+,25+,26+,27+,28+,29+,30+,31+,32-,33-/m1/s1. The van der Waals surface area contributed by atoms with Crippen LogP contribution >= 0.6 is 0 Å². The molecule has 24 atom stereocenters. The molecule has 25 nitrogen and oxygen atoms in total. The molecule has 0 spiro atoms. The van der Waals surface area contributed by atoms with Crippen LogP contribution in [0.3, 0.4) is 0 Å². The predicted molar refractivity (Wildman–Crippen MR) is 186 cm³/mol. The predicted octanol–water partition coefficient (Wildman–Crippen LogP) is -9.84. The van der Waals surface area contributed by atoms with E-state index in [1.807, 2.05) is 0 Å². The van der Waals surface area contributed by atoms with Crippen LogP contribution in [0.15, 0.2) is 0 Å². The van der Waals surface area contributed by atoms with E-state index in [-0.39, 0.29) is 6.42 Å². The SMILES string of the molecule is CC(C)(C)C[C@@H](O)[C@@H](O)[C@H](O)[C@H](O)CO[C@H]1O[C@H](CO)[C@@H](O)[C@H](O[C@H]2O[C@H](CO[C@H]3O[C@H](CO)[C@@H](O)[C@H](O[C@H]4O[C@H](CO)[C@@H](O)[C@H](O)[C@@H]4O)[C@@H]3O)[C@@H](O)[C@H](O)[C@@H]2O)[C@@H]1O. The maximum absolute atomic E-state index is 11.1. The first kappa shape index (κ1) is 50.6. The Balaban J connectivity index is 1.41. The molecule has 4 aliphatic rings. The Morgan fingerprint density at radius 1 is 0.441 bits per heavy atom. The Hall–Kier alpha value is -1.00. The molecular formula is C34H62O25. The lowest BCUT2D eigenvalue weighted by molar-refractivity contribution is -0.374. The zero-order chi connectivity index (χ0) is 44.3. The zero-order valence-corrected chi connectivity index (χ0v) is 32.5. The Morgan fingerprint density at radius 3 is 1.25 bits per heavy atom. The third-order valence-corrected chi connectivity index (χ3v) is 10.6. The molecule has 0 aromatic heterocycles. The van der Waals surface area contributed by atoms with E-state index in [0.717, 1.165) is 0 Å². The molecule has 4 fully saturated rings. The van der Waals surface area contributed by atoms with Crippen molar-refractivity contribution in [2.24, 2.45) is 5.41 Å². The highest BCUT2D eigenvalue weighted by Gasteiger charge is 2.54. The average molecular weight is 871 g/mol. The van der Waals surface area contributed by atoms with E-state index in [4.69, 9.17) is 37.9 Å². The zero-order valence-electron chi connectivity index (χ0n) is 32.5. The highest BCUT2D eigenvalue weighted by molar-refractivity contribution is 4.97. The van der Waals surface area contributed by atoms with Crippen LogP contribution in [0.1, 0.15) is 27.2 Å². The summed E-state index contributed by atoms with van der Waals surface area (Å²) in [5, 5.41) is 177. The van der Waals surface area contributed by atoms with Crippen LogP contribution in [0.25, 0.3) is 0 Å². The van der Waals surface area contributed by atoms with Gasteiger partial charge in [0.1, 0.15) is 116 Å². The number of hydrogen-bond donors (Lipinski definition) is 17. The van der Waals surface area contributed by atoms with E-state index in [1.54, 1.807) is 20.8 Å². The van der Waals surface area contributed by atoms with Crippen LogP contribution < -0.4 is 0 Å². The van der Waals surface area contributed by atoms with Gasteiger partial charge in [-0.05, 0) is 11.8 Å². The summed E-state index contributed by atoms with van der Waals surface area (Å²) in [5.74, 6) is 0. The molecule has 0 saturated carbocycles. The number of aliphatic hydroxyl groups excluding tert-OH is 17. The van der Waals surface area contributed by atoms with Crippen molar-refractivity contribution in [1.29, 1.82) is 0 Å². The summed E-state index contributed by atoms with van der Waals surface area (Å²) in [6.07, 6.45) is -43.6. The van der Waals surface area contributed by atoms with Crippen molar-refractivity contribution in [1.82, 2.24) is 0 Å². The summed E-state index contributed by atoms with van der Waals surface area (Å²) in [4.78, 5) is 0. The average Bonchev–Trinajstić information content (AvgIpc) is 3.19. The first-order valence-electron chi connectivity index (χ1n) is 19.1. The van der Waals surface area contributed by atoms with Crippen LogP contribution in [0.2, 0.25) is 0 Å². The lowest BCUT2D eigenvalue weighted by Crippen LogP contribution is -2.66. The summed E-state index contributed by atoms with van der Waals surface area (Å²) in [6, 6.07) is 0. The largest absolute Gasteiger partial charge is 0.394 e. The molecule has 0 aliphatic carbocycles. The van der Waals surface area contributed by atoms with Gasteiger partial charge in [-0.2, -0.15) is 0 Å². The van der Waals surface area contributed by atoms with Crippen molar-refractivity contribution < 1.29 is 125 Å². The molecule has 0 amide bonds. The molecular weight excluding hydrogens is 808 g/mol. The van der Waals surface area contributed by atoms with E-state index >= 15 is 0 Å². The Labute approximate surface area is 337 Å². The molecule has 0 aromatic rings. The molecule has 0 radical (unpaired) electrons. The molecule has 4 rings (SSSR count). The van der Waals surface area contributed by atoms with E-state index in [1.165, 1.54) is 0 Å². The molecule has 4 saturated heterocycles. The van der Waals surface area contributed by atoms with Crippen LogP contribution in [-0.2, 0) is 37.9 Å². The maximum atomic E-state index is 11.1. The number of hydrogen-bond acceptors (Lipinski definition) is 25. The van der Waals surface area contributed by atoms with Gasteiger partial charge in [-0.15, -0.1) is 0 Å². The summed E-state index contributed by atoms with van der Waals surface area (Å²) in [7, 11) is 0. The Morgan fingerprint density at radius 2 is 0.814 bits per heavy atom. The van der Waals surface area contributed by atoms with Crippen molar-refractivity contribution in [2.75, 3.05) is 33.0 Å². The minimum Gasteiger partial charge on any atom is -0.394 e. The van der Waals surface area contributed by atoms with Gasteiger partial charge in [0.05, 0.1) is 39.1 Å². The third kappa shape index (κ3) is 12.0. The van der Waals surface area contributed by atoms with E-state index in [9.17, 15) is 86.8 Å². The first-order chi connectivity index (χ1) is 27.6. The molecule has 0 aromatic carbocycles. The smallest absolute Gasteiger partial charge is 0.187 e. The topological polar surface area (TPSA) is 418 Å². The van der Waals surface area contributed by atoms with Gasteiger partial charge in [-0.1, -0.05) is 20.8 Å². The van der Waals surface area contributed by atoms with E-state index in [0.29, 0.717) is 0 Å². The highest BCUT2D eigenvalue weighted by atomic mass is 16.8. The van der Waals surface area contributed by atoms with Crippen molar-refractivity contribution in [3.05, 3.63) is 0 Å². The van der Waals surface area contributed by atoms with Gasteiger partial charge in [0.2, 0.25) is 0 Å². The summed E-state index contributed by atoms with van der Waals surface area (Å²) < 4.78 is 43.8. The third-order valence-electron chi connectivity index (χ3n) is 10.6.